The van der Waals surface area contributed by atoms with Gasteiger partial charge in [0.1, 0.15) is 5.82 Å². The first-order chi connectivity index (χ1) is 9.29. The van der Waals surface area contributed by atoms with Crippen molar-refractivity contribution in [1.29, 1.82) is 0 Å². The maximum Gasteiger partial charge on any atom is 0.123 e. The third kappa shape index (κ3) is 2.54. The number of hydrogen-bond donors (Lipinski definition) is 1. The minimum absolute atomic E-state index is 0.0956. The number of halogens is 1. The Balaban J connectivity index is 1.82. The second-order valence-electron chi connectivity index (χ2n) is 5.73. The van der Waals surface area contributed by atoms with E-state index in [0.717, 1.165) is 32.5 Å². The minimum Gasteiger partial charge on any atom is -0.315 e. The van der Waals surface area contributed by atoms with Crippen LogP contribution in [0.4, 0.5) is 4.39 Å². The zero-order chi connectivity index (χ0) is 13.2. The van der Waals surface area contributed by atoms with E-state index in [0.29, 0.717) is 12.1 Å². The molecule has 3 rings (SSSR count). The van der Waals surface area contributed by atoms with Crippen LogP contribution in [0.5, 0.6) is 0 Å². The van der Waals surface area contributed by atoms with Gasteiger partial charge in [-0.3, -0.25) is 4.90 Å². The molecule has 1 aliphatic heterocycles. The second kappa shape index (κ2) is 5.59. The van der Waals surface area contributed by atoms with Crippen molar-refractivity contribution in [2.45, 2.75) is 44.7 Å². The summed E-state index contributed by atoms with van der Waals surface area (Å²) in [6, 6.07) is 6.47. The van der Waals surface area contributed by atoms with E-state index in [1.807, 2.05) is 6.07 Å². The number of nitrogens with one attached hydrogen (secondary N) is 1. The van der Waals surface area contributed by atoms with Crippen molar-refractivity contribution < 1.29 is 4.39 Å². The molecule has 104 valence electrons. The molecule has 2 nitrogen and oxygen atoms in total. The number of rotatable bonds is 3. The number of nitrogens with zero attached hydrogens (tertiary/aromatic N) is 1. The van der Waals surface area contributed by atoms with Crippen LogP contribution in [0.3, 0.4) is 0 Å². The third-order valence-corrected chi connectivity index (χ3v) is 4.66. The van der Waals surface area contributed by atoms with E-state index in [1.54, 1.807) is 12.1 Å². The van der Waals surface area contributed by atoms with Crippen molar-refractivity contribution in [3.63, 3.8) is 0 Å². The number of hydrogen-bond acceptors (Lipinski definition) is 2. The lowest BCUT2D eigenvalue weighted by Gasteiger charge is -2.38. The molecule has 1 fully saturated rings. The Hall–Kier alpha value is -0.930. The van der Waals surface area contributed by atoms with Gasteiger partial charge in [0.05, 0.1) is 0 Å². The molecule has 0 spiro atoms. The maximum atomic E-state index is 13.3. The van der Waals surface area contributed by atoms with Gasteiger partial charge in [0.2, 0.25) is 0 Å². The predicted molar refractivity (Wildman–Crippen MR) is 75.7 cm³/mol. The fourth-order valence-electron chi connectivity index (χ4n) is 3.76. The third-order valence-electron chi connectivity index (χ3n) is 4.66. The van der Waals surface area contributed by atoms with Crippen molar-refractivity contribution in [2.75, 3.05) is 19.6 Å². The SMILES string of the molecule is CCN(C1CCCNC1)C1CCc2cc(F)ccc21. The molecule has 1 aromatic rings. The zero-order valence-corrected chi connectivity index (χ0v) is 11.7. The molecule has 0 radical (unpaired) electrons. The van der Waals surface area contributed by atoms with E-state index in [9.17, 15) is 4.39 Å². The molecule has 0 amide bonds. The lowest BCUT2D eigenvalue weighted by Crippen LogP contribution is -2.47. The second-order valence-corrected chi connectivity index (χ2v) is 5.73. The molecule has 1 saturated heterocycles. The molecular weight excluding hydrogens is 239 g/mol. The van der Waals surface area contributed by atoms with Crippen molar-refractivity contribution in [1.82, 2.24) is 10.2 Å². The number of benzene rings is 1. The van der Waals surface area contributed by atoms with E-state index in [2.05, 4.69) is 17.1 Å². The summed E-state index contributed by atoms with van der Waals surface area (Å²) >= 11 is 0. The Bertz CT molecular complexity index is 440. The van der Waals surface area contributed by atoms with Crippen LogP contribution in [0.2, 0.25) is 0 Å². The standard InChI is InChI=1S/C16H23FN2/c1-2-19(14-4-3-9-18-11-14)16-8-5-12-10-13(17)6-7-15(12)16/h6-7,10,14,16,18H,2-5,8-9,11H2,1H3. The van der Waals surface area contributed by atoms with E-state index in [1.165, 1.54) is 24.0 Å². The highest BCUT2D eigenvalue weighted by Crippen LogP contribution is 2.37. The molecule has 19 heavy (non-hydrogen) atoms. The van der Waals surface area contributed by atoms with Crippen molar-refractivity contribution in [2.24, 2.45) is 0 Å². The van der Waals surface area contributed by atoms with Crippen LogP contribution >= 0.6 is 0 Å². The van der Waals surface area contributed by atoms with E-state index in [-0.39, 0.29) is 5.82 Å². The average molecular weight is 262 g/mol. The smallest absolute Gasteiger partial charge is 0.123 e. The largest absolute Gasteiger partial charge is 0.315 e. The Morgan fingerprint density at radius 1 is 1.37 bits per heavy atom. The Morgan fingerprint density at radius 3 is 3.00 bits per heavy atom. The molecule has 1 aromatic carbocycles. The molecular formula is C16H23FN2. The van der Waals surface area contributed by atoms with Gasteiger partial charge < -0.3 is 5.32 Å². The monoisotopic (exact) mass is 262 g/mol. The molecule has 2 aliphatic rings. The van der Waals surface area contributed by atoms with Gasteiger partial charge in [-0.05, 0) is 62.0 Å². The van der Waals surface area contributed by atoms with E-state index < -0.39 is 0 Å². The summed E-state index contributed by atoms with van der Waals surface area (Å²) in [5.41, 5.74) is 2.57. The summed E-state index contributed by atoms with van der Waals surface area (Å²) in [5, 5.41) is 3.50. The number of piperidine rings is 1. The Morgan fingerprint density at radius 2 is 2.26 bits per heavy atom. The molecule has 0 bridgehead atoms. The van der Waals surface area contributed by atoms with Crippen LogP contribution in [0.1, 0.15) is 43.4 Å². The topological polar surface area (TPSA) is 15.3 Å². The summed E-state index contributed by atoms with van der Waals surface area (Å²) in [6.45, 7) is 5.57. The molecule has 0 saturated carbocycles. The Labute approximate surface area is 115 Å². The van der Waals surface area contributed by atoms with Gasteiger partial charge in [0, 0.05) is 18.6 Å². The van der Waals surface area contributed by atoms with Crippen LogP contribution in [-0.2, 0) is 6.42 Å². The lowest BCUT2D eigenvalue weighted by molar-refractivity contribution is 0.118. The first-order valence-corrected chi connectivity index (χ1v) is 7.54. The number of likely N-dealkylation sites (N-methyl/N-ethyl adjacent to an activating group) is 1. The molecule has 2 unspecified atom stereocenters. The summed E-state index contributed by atoms with van der Waals surface area (Å²) in [5.74, 6) is -0.0956. The summed E-state index contributed by atoms with van der Waals surface area (Å²) in [4.78, 5) is 2.62. The fraction of sp³-hybridized carbons (Fsp3) is 0.625. The van der Waals surface area contributed by atoms with Crippen LogP contribution in [-0.4, -0.2) is 30.6 Å². The van der Waals surface area contributed by atoms with E-state index in [4.69, 9.17) is 0 Å². The van der Waals surface area contributed by atoms with Gasteiger partial charge in [-0.1, -0.05) is 13.0 Å². The van der Waals surface area contributed by atoms with Crippen molar-refractivity contribution in [3.05, 3.63) is 35.1 Å². The first kappa shape index (κ1) is 13.1. The Kier molecular flexibility index (Phi) is 3.85. The molecule has 3 heteroatoms. The minimum atomic E-state index is -0.0956. The van der Waals surface area contributed by atoms with Crippen LogP contribution in [0, 0.1) is 5.82 Å². The maximum absolute atomic E-state index is 13.3. The average Bonchev–Trinajstić information content (AvgIpc) is 2.84. The quantitative estimate of drug-likeness (QED) is 0.901. The van der Waals surface area contributed by atoms with Crippen LogP contribution in [0.15, 0.2) is 18.2 Å². The zero-order valence-electron chi connectivity index (χ0n) is 11.7. The fourth-order valence-corrected chi connectivity index (χ4v) is 3.76. The van der Waals surface area contributed by atoms with Crippen molar-refractivity contribution in [3.8, 4) is 0 Å². The van der Waals surface area contributed by atoms with Gasteiger partial charge >= 0.3 is 0 Å². The molecule has 0 aromatic heterocycles. The van der Waals surface area contributed by atoms with Crippen molar-refractivity contribution >= 4 is 0 Å². The van der Waals surface area contributed by atoms with Crippen LogP contribution in [0.25, 0.3) is 0 Å². The summed E-state index contributed by atoms with van der Waals surface area (Å²) in [7, 11) is 0. The van der Waals surface area contributed by atoms with Gasteiger partial charge in [-0.15, -0.1) is 0 Å². The predicted octanol–water partition coefficient (Wildman–Crippen LogP) is 2.89. The number of aryl methyl sites for hydroxylation is 1. The molecule has 2 atom stereocenters. The highest BCUT2D eigenvalue weighted by molar-refractivity contribution is 5.35. The highest BCUT2D eigenvalue weighted by atomic mass is 19.1. The van der Waals surface area contributed by atoms with Gasteiger partial charge in [0.25, 0.3) is 0 Å². The van der Waals surface area contributed by atoms with Crippen LogP contribution < -0.4 is 5.32 Å². The van der Waals surface area contributed by atoms with Gasteiger partial charge in [0.15, 0.2) is 0 Å². The molecule has 1 N–H and O–H groups in total. The lowest BCUT2D eigenvalue weighted by atomic mass is 10.0. The molecule has 1 aliphatic carbocycles. The normalized spacial score (nSPS) is 26.7. The first-order valence-electron chi connectivity index (χ1n) is 7.54. The number of fused-ring (bicyclic) bond motifs is 1. The van der Waals surface area contributed by atoms with E-state index >= 15 is 0 Å². The summed E-state index contributed by atoms with van der Waals surface area (Å²) in [6.07, 6.45) is 4.72. The molecule has 1 heterocycles. The van der Waals surface area contributed by atoms with Gasteiger partial charge in [-0.2, -0.15) is 0 Å². The summed E-state index contributed by atoms with van der Waals surface area (Å²) < 4.78 is 13.3. The highest BCUT2D eigenvalue weighted by Gasteiger charge is 2.32. The van der Waals surface area contributed by atoms with Gasteiger partial charge in [-0.25, -0.2) is 4.39 Å².